The minimum Gasteiger partial charge on any atom is -0.496 e. The third-order valence-electron chi connectivity index (χ3n) is 2.97. The van der Waals surface area contributed by atoms with Crippen molar-refractivity contribution in [2.45, 2.75) is 6.54 Å². The predicted molar refractivity (Wildman–Crippen MR) is 71.1 cm³/mol. The summed E-state index contributed by atoms with van der Waals surface area (Å²) in [5, 5.41) is 2.96. The van der Waals surface area contributed by atoms with E-state index >= 15 is 0 Å². The Morgan fingerprint density at radius 3 is 2.35 bits per heavy atom. The molecule has 0 atom stereocenters. The Balaban J connectivity index is 2.53. The maximum Gasteiger partial charge on any atom is 0.161 e. The lowest BCUT2D eigenvalue weighted by Gasteiger charge is -2.11. The van der Waals surface area contributed by atoms with Gasteiger partial charge in [0, 0.05) is 23.7 Å². The van der Waals surface area contributed by atoms with Gasteiger partial charge in [0.1, 0.15) is 11.6 Å². The van der Waals surface area contributed by atoms with Gasteiger partial charge in [-0.3, -0.25) is 0 Å². The zero-order valence-electron chi connectivity index (χ0n) is 11.1. The number of rotatable bonds is 4. The zero-order valence-corrected chi connectivity index (χ0v) is 11.1. The van der Waals surface area contributed by atoms with E-state index in [1.54, 1.807) is 25.2 Å². The molecule has 2 rings (SSSR count). The predicted octanol–water partition coefficient (Wildman–Crippen LogP) is 3.50. The second kappa shape index (κ2) is 5.96. The van der Waals surface area contributed by atoms with Crippen molar-refractivity contribution in [2.24, 2.45) is 0 Å². The highest BCUT2D eigenvalue weighted by molar-refractivity contribution is 5.66. The second-order valence-electron chi connectivity index (χ2n) is 4.30. The molecule has 0 spiro atoms. The minimum absolute atomic E-state index is 0.0175. The van der Waals surface area contributed by atoms with Gasteiger partial charge >= 0.3 is 0 Å². The van der Waals surface area contributed by atoms with Gasteiger partial charge in [-0.15, -0.1) is 0 Å². The largest absolute Gasteiger partial charge is 0.496 e. The van der Waals surface area contributed by atoms with Crippen molar-refractivity contribution in [3.8, 4) is 16.9 Å². The number of nitrogens with one attached hydrogen (secondary N) is 1. The first-order valence-electron chi connectivity index (χ1n) is 6.03. The third kappa shape index (κ3) is 2.77. The lowest BCUT2D eigenvalue weighted by molar-refractivity contribution is 0.408. The Morgan fingerprint density at radius 2 is 1.70 bits per heavy atom. The van der Waals surface area contributed by atoms with E-state index in [0.29, 0.717) is 23.9 Å². The third-order valence-corrected chi connectivity index (χ3v) is 2.97. The summed E-state index contributed by atoms with van der Waals surface area (Å²) in [7, 11) is 3.30. The molecule has 0 bridgehead atoms. The van der Waals surface area contributed by atoms with Crippen LogP contribution in [-0.4, -0.2) is 14.2 Å². The second-order valence-corrected chi connectivity index (χ2v) is 4.30. The van der Waals surface area contributed by atoms with Crippen LogP contribution in [0, 0.1) is 17.5 Å². The van der Waals surface area contributed by atoms with Gasteiger partial charge in [-0.25, -0.2) is 13.2 Å². The molecule has 2 aromatic rings. The Labute approximate surface area is 115 Å². The van der Waals surface area contributed by atoms with Gasteiger partial charge in [0.25, 0.3) is 0 Å². The summed E-state index contributed by atoms with van der Waals surface area (Å²) in [4.78, 5) is 0. The monoisotopic (exact) mass is 281 g/mol. The number of halogens is 3. The summed E-state index contributed by atoms with van der Waals surface area (Å²) in [6.07, 6.45) is 0. The van der Waals surface area contributed by atoms with E-state index in [0.717, 1.165) is 11.6 Å². The molecule has 0 aromatic heterocycles. The highest BCUT2D eigenvalue weighted by Crippen LogP contribution is 2.29. The van der Waals surface area contributed by atoms with Crippen molar-refractivity contribution in [3.05, 3.63) is 53.3 Å². The van der Waals surface area contributed by atoms with Crippen LogP contribution in [0.4, 0.5) is 13.2 Å². The molecule has 5 heteroatoms. The molecule has 0 aliphatic rings. The number of hydrogen-bond donors (Lipinski definition) is 1. The Bertz CT molecular complexity index is 629. The Kier molecular flexibility index (Phi) is 4.29. The maximum absolute atomic E-state index is 13.8. The number of benzene rings is 2. The van der Waals surface area contributed by atoms with Crippen LogP contribution in [-0.2, 0) is 6.54 Å². The highest BCUT2D eigenvalue weighted by Gasteiger charge is 2.13. The molecule has 106 valence electrons. The van der Waals surface area contributed by atoms with E-state index in [9.17, 15) is 13.2 Å². The molecule has 2 nitrogen and oxygen atoms in total. The van der Waals surface area contributed by atoms with Crippen LogP contribution in [0.3, 0.4) is 0 Å². The quantitative estimate of drug-likeness (QED) is 0.866. The molecule has 2 aromatic carbocycles. The fourth-order valence-electron chi connectivity index (χ4n) is 2.02. The summed E-state index contributed by atoms with van der Waals surface area (Å²) >= 11 is 0. The summed E-state index contributed by atoms with van der Waals surface area (Å²) in [5.41, 5.74) is 1.29. The average Bonchev–Trinajstić information content (AvgIpc) is 2.43. The van der Waals surface area contributed by atoms with Crippen LogP contribution in [0.15, 0.2) is 30.3 Å². The first-order valence-corrected chi connectivity index (χ1v) is 6.03. The summed E-state index contributed by atoms with van der Waals surface area (Å²) in [6, 6.07) is 6.36. The SMILES string of the molecule is CNCc1cc(-c2cc(F)c(F)cc2F)ccc1OC. The fourth-order valence-corrected chi connectivity index (χ4v) is 2.02. The van der Waals surface area contributed by atoms with Crippen LogP contribution in [0.25, 0.3) is 11.1 Å². The van der Waals surface area contributed by atoms with E-state index in [2.05, 4.69) is 5.32 Å². The van der Waals surface area contributed by atoms with Gasteiger partial charge in [0.2, 0.25) is 0 Å². The van der Waals surface area contributed by atoms with Gasteiger partial charge in [0.15, 0.2) is 11.6 Å². The number of methoxy groups -OCH3 is 1. The molecule has 0 fully saturated rings. The molecule has 0 aliphatic carbocycles. The van der Waals surface area contributed by atoms with Crippen molar-refractivity contribution < 1.29 is 17.9 Å². The first kappa shape index (κ1) is 14.4. The lowest BCUT2D eigenvalue weighted by Crippen LogP contribution is -2.06. The highest BCUT2D eigenvalue weighted by atomic mass is 19.2. The van der Waals surface area contributed by atoms with Crippen molar-refractivity contribution in [2.75, 3.05) is 14.2 Å². The Hall–Kier alpha value is -2.01. The molecule has 0 heterocycles. The van der Waals surface area contributed by atoms with Gasteiger partial charge < -0.3 is 10.1 Å². The molecule has 0 saturated heterocycles. The van der Waals surface area contributed by atoms with E-state index in [-0.39, 0.29) is 5.56 Å². The molecule has 0 amide bonds. The first-order chi connectivity index (χ1) is 9.56. The van der Waals surface area contributed by atoms with Crippen LogP contribution in [0.5, 0.6) is 5.75 Å². The number of hydrogen-bond acceptors (Lipinski definition) is 2. The fraction of sp³-hybridized carbons (Fsp3) is 0.200. The van der Waals surface area contributed by atoms with Crippen LogP contribution in [0.1, 0.15) is 5.56 Å². The molecular weight excluding hydrogens is 267 g/mol. The molecule has 0 unspecified atom stereocenters. The summed E-state index contributed by atoms with van der Waals surface area (Å²) in [6.45, 7) is 0.516. The average molecular weight is 281 g/mol. The van der Waals surface area contributed by atoms with Gasteiger partial charge in [-0.1, -0.05) is 6.07 Å². The topological polar surface area (TPSA) is 21.3 Å². The molecule has 1 N–H and O–H groups in total. The number of ether oxygens (including phenoxy) is 1. The molecular formula is C15H14F3NO. The van der Waals surface area contributed by atoms with Crippen molar-refractivity contribution in [1.82, 2.24) is 5.32 Å². The summed E-state index contributed by atoms with van der Waals surface area (Å²) in [5.74, 6) is -2.43. The lowest BCUT2D eigenvalue weighted by atomic mass is 10.0. The zero-order chi connectivity index (χ0) is 14.7. The van der Waals surface area contributed by atoms with Crippen LogP contribution < -0.4 is 10.1 Å². The molecule has 20 heavy (non-hydrogen) atoms. The van der Waals surface area contributed by atoms with E-state index < -0.39 is 17.5 Å². The normalized spacial score (nSPS) is 10.7. The van der Waals surface area contributed by atoms with Gasteiger partial charge in [-0.2, -0.15) is 0 Å². The standard InChI is InChI=1S/C15H14F3NO/c1-19-8-10-5-9(3-4-15(10)20-2)11-6-13(17)14(18)7-12(11)16/h3-7,19H,8H2,1-2H3. The Morgan fingerprint density at radius 1 is 1.00 bits per heavy atom. The molecule has 0 radical (unpaired) electrons. The van der Waals surface area contributed by atoms with E-state index in [1.807, 2.05) is 0 Å². The van der Waals surface area contributed by atoms with E-state index in [4.69, 9.17) is 4.74 Å². The minimum atomic E-state index is -1.20. The smallest absolute Gasteiger partial charge is 0.161 e. The molecule has 0 saturated carbocycles. The van der Waals surface area contributed by atoms with Gasteiger partial charge in [0.05, 0.1) is 7.11 Å². The van der Waals surface area contributed by atoms with Crippen molar-refractivity contribution in [1.29, 1.82) is 0 Å². The summed E-state index contributed by atoms with van der Waals surface area (Å²) < 4.78 is 45.2. The van der Waals surface area contributed by atoms with Gasteiger partial charge in [-0.05, 0) is 30.8 Å². The van der Waals surface area contributed by atoms with Crippen molar-refractivity contribution in [3.63, 3.8) is 0 Å². The molecule has 0 aliphatic heterocycles. The van der Waals surface area contributed by atoms with Crippen molar-refractivity contribution >= 4 is 0 Å². The van der Waals surface area contributed by atoms with Crippen LogP contribution >= 0.6 is 0 Å². The van der Waals surface area contributed by atoms with Crippen LogP contribution in [0.2, 0.25) is 0 Å². The van der Waals surface area contributed by atoms with E-state index in [1.165, 1.54) is 7.11 Å². The maximum atomic E-state index is 13.8.